The van der Waals surface area contributed by atoms with Crippen LogP contribution < -0.4 is 5.73 Å². The highest BCUT2D eigenvalue weighted by Gasteiger charge is 2.48. The maximum absolute atomic E-state index is 12.7. The van der Waals surface area contributed by atoms with Crippen LogP contribution in [0.3, 0.4) is 0 Å². The summed E-state index contributed by atoms with van der Waals surface area (Å²) in [7, 11) is 0. The maximum Gasteiger partial charge on any atom is 0.276 e. The summed E-state index contributed by atoms with van der Waals surface area (Å²) in [6.45, 7) is 2.24. The molecule has 1 aliphatic heterocycles. The number of aliphatic hydroxyl groups excluding tert-OH is 1. The van der Waals surface area contributed by atoms with Crippen LogP contribution in [-0.4, -0.2) is 56.6 Å². The molecule has 7 nitrogen and oxygen atoms in total. The van der Waals surface area contributed by atoms with Crippen molar-refractivity contribution in [3.05, 3.63) is 47.3 Å². The number of rotatable bonds is 3. The average Bonchev–Trinajstić information content (AvgIpc) is 3.20. The number of carbonyl (C=O) groups is 1. The minimum Gasteiger partial charge on any atom is -0.392 e. The van der Waals surface area contributed by atoms with Crippen LogP contribution in [0.15, 0.2) is 30.5 Å². The summed E-state index contributed by atoms with van der Waals surface area (Å²) in [5.41, 5.74) is 8.13. The first-order chi connectivity index (χ1) is 12.1. The smallest absolute Gasteiger partial charge is 0.276 e. The zero-order valence-electron chi connectivity index (χ0n) is 14.1. The molecule has 0 unspecified atom stereocenters. The Bertz CT molecular complexity index is 779. The summed E-state index contributed by atoms with van der Waals surface area (Å²) in [6, 6.07) is 8.28. The fourth-order valence-electron chi connectivity index (χ4n) is 4.28. The van der Waals surface area contributed by atoms with Crippen molar-refractivity contribution in [2.75, 3.05) is 19.6 Å². The van der Waals surface area contributed by atoms with E-state index in [1.165, 1.54) is 11.1 Å². The molecule has 2 heterocycles. The first kappa shape index (κ1) is 16.2. The highest BCUT2D eigenvalue weighted by atomic mass is 16.3. The minimum atomic E-state index is -0.368. The summed E-state index contributed by atoms with van der Waals surface area (Å²) in [4.78, 5) is 14.5. The Hall–Kier alpha value is -2.25. The van der Waals surface area contributed by atoms with E-state index in [4.69, 9.17) is 5.73 Å². The topological polar surface area (TPSA) is 97.3 Å². The first-order valence-electron chi connectivity index (χ1n) is 8.80. The van der Waals surface area contributed by atoms with Crippen LogP contribution in [0.4, 0.5) is 0 Å². The number of aliphatic hydroxyl groups is 1. The van der Waals surface area contributed by atoms with Crippen LogP contribution in [0.1, 0.15) is 34.5 Å². The molecule has 1 aromatic heterocycles. The molecule has 2 aliphatic rings. The number of fused-ring (bicyclic) bond motifs is 2. The van der Waals surface area contributed by atoms with Gasteiger partial charge in [0, 0.05) is 25.0 Å². The summed E-state index contributed by atoms with van der Waals surface area (Å²) in [6.07, 6.45) is 3.53. The molecule has 25 heavy (non-hydrogen) atoms. The Kier molecular flexibility index (Phi) is 4.05. The van der Waals surface area contributed by atoms with Gasteiger partial charge in [-0.25, -0.2) is 0 Å². The highest BCUT2D eigenvalue weighted by Crippen LogP contribution is 2.46. The number of carbonyl (C=O) groups excluding carboxylic acids is 1. The van der Waals surface area contributed by atoms with Gasteiger partial charge < -0.3 is 15.7 Å². The second-order valence-electron chi connectivity index (χ2n) is 6.98. The van der Waals surface area contributed by atoms with Gasteiger partial charge in [-0.3, -0.25) is 9.48 Å². The molecule has 7 heteroatoms. The van der Waals surface area contributed by atoms with Gasteiger partial charge in [-0.1, -0.05) is 29.5 Å². The Morgan fingerprint density at radius 3 is 2.84 bits per heavy atom. The van der Waals surface area contributed by atoms with Crippen LogP contribution >= 0.6 is 0 Å². The number of hydrogen-bond acceptors (Lipinski definition) is 5. The predicted octanol–water partition coefficient (Wildman–Crippen LogP) is 0.328. The van der Waals surface area contributed by atoms with Gasteiger partial charge >= 0.3 is 0 Å². The lowest BCUT2D eigenvalue weighted by Crippen LogP contribution is -2.49. The third-order valence-electron chi connectivity index (χ3n) is 5.66. The van der Waals surface area contributed by atoms with E-state index in [1.807, 2.05) is 17.0 Å². The van der Waals surface area contributed by atoms with E-state index in [9.17, 15) is 9.90 Å². The van der Waals surface area contributed by atoms with Crippen molar-refractivity contribution in [3.63, 3.8) is 0 Å². The van der Waals surface area contributed by atoms with Crippen LogP contribution in [0.2, 0.25) is 0 Å². The molecule has 0 radical (unpaired) electrons. The third-order valence-corrected chi connectivity index (χ3v) is 5.66. The van der Waals surface area contributed by atoms with Crippen molar-refractivity contribution in [1.82, 2.24) is 19.9 Å². The standard InChI is InChI=1S/C18H23N5O2/c19-7-10-23-12-15(20-21-23)17(25)22-8-5-18(6-9-22)14-4-2-1-3-13(14)11-16(18)24/h1-4,12,16,24H,5-11,19H2/t16-/m0/s1. The molecule has 132 valence electrons. The van der Waals surface area contributed by atoms with Crippen molar-refractivity contribution < 1.29 is 9.90 Å². The number of piperidine rings is 1. The van der Waals surface area contributed by atoms with Crippen molar-refractivity contribution in [3.8, 4) is 0 Å². The molecule has 0 bridgehead atoms. The van der Waals surface area contributed by atoms with Crippen molar-refractivity contribution in [2.45, 2.75) is 37.3 Å². The van der Waals surface area contributed by atoms with E-state index in [-0.39, 0.29) is 17.4 Å². The molecule has 1 atom stereocenters. The SMILES string of the molecule is NCCn1cc(C(=O)N2CCC3(CC2)c2ccccc2C[C@@H]3O)nn1. The molecule has 4 rings (SSSR count). The molecule has 1 amide bonds. The van der Waals surface area contributed by atoms with Crippen LogP contribution in [-0.2, 0) is 18.4 Å². The van der Waals surface area contributed by atoms with E-state index in [0.29, 0.717) is 38.3 Å². The largest absolute Gasteiger partial charge is 0.392 e. The molecule has 0 saturated carbocycles. The van der Waals surface area contributed by atoms with Crippen molar-refractivity contribution in [1.29, 1.82) is 0 Å². The molecular formula is C18H23N5O2. The first-order valence-corrected chi connectivity index (χ1v) is 8.80. The van der Waals surface area contributed by atoms with Crippen LogP contribution in [0, 0.1) is 0 Å². The van der Waals surface area contributed by atoms with Gasteiger partial charge in [0.25, 0.3) is 5.91 Å². The normalized spacial score (nSPS) is 21.5. The van der Waals surface area contributed by atoms with Crippen molar-refractivity contribution in [2.24, 2.45) is 5.73 Å². The lowest BCUT2D eigenvalue weighted by Gasteiger charge is -2.42. The minimum absolute atomic E-state index is 0.0982. The zero-order valence-corrected chi connectivity index (χ0v) is 14.1. The monoisotopic (exact) mass is 341 g/mol. The number of aromatic nitrogens is 3. The lowest BCUT2D eigenvalue weighted by molar-refractivity contribution is 0.0362. The molecule has 1 saturated heterocycles. The Balaban J connectivity index is 1.49. The van der Waals surface area contributed by atoms with Crippen LogP contribution in [0.25, 0.3) is 0 Å². The van der Waals surface area contributed by atoms with Gasteiger partial charge in [-0.15, -0.1) is 5.10 Å². The highest BCUT2D eigenvalue weighted by molar-refractivity contribution is 5.92. The quantitative estimate of drug-likeness (QED) is 0.838. The molecule has 3 N–H and O–H groups in total. The van der Waals surface area contributed by atoms with Gasteiger partial charge in [0.15, 0.2) is 5.69 Å². The zero-order chi connectivity index (χ0) is 17.4. The van der Waals surface area contributed by atoms with Gasteiger partial charge in [-0.05, 0) is 30.4 Å². The molecule has 1 aliphatic carbocycles. The average molecular weight is 341 g/mol. The Morgan fingerprint density at radius 2 is 2.08 bits per heavy atom. The summed E-state index contributed by atoms with van der Waals surface area (Å²) >= 11 is 0. The maximum atomic E-state index is 12.7. The van der Waals surface area contributed by atoms with Gasteiger partial charge in [-0.2, -0.15) is 0 Å². The van der Waals surface area contributed by atoms with E-state index >= 15 is 0 Å². The Morgan fingerprint density at radius 1 is 1.32 bits per heavy atom. The fourth-order valence-corrected chi connectivity index (χ4v) is 4.28. The third kappa shape index (κ3) is 2.63. The molecular weight excluding hydrogens is 318 g/mol. The summed E-state index contributed by atoms with van der Waals surface area (Å²) < 4.78 is 1.59. The molecule has 1 fully saturated rings. The number of likely N-dealkylation sites (tertiary alicyclic amines) is 1. The summed E-state index contributed by atoms with van der Waals surface area (Å²) in [5, 5.41) is 18.6. The predicted molar refractivity (Wildman–Crippen MR) is 92.0 cm³/mol. The number of amides is 1. The van der Waals surface area contributed by atoms with Gasteiger partial charge in [0.2, 0.25) is 0 Å². The van der Waals surface area contributed by atoms with E-state index in [2.05, 4.69) is 22.4 Å². The van der Waals surface area contributed by atoms with Crippen molar-refractivity contribution >= 4 is 5.91 Å². The van der Waals surface area contributed by atoms with Gasteiger partial charge in [0.1, 0.15) is 0 Å². The summed E-state index contributed by atoms with van der Waals surface area (Å²) in [5.74, 6) is -0.0982. The number of nitrogens with zero attached hydrogens (tertiary/aromatic N) is 4. The molecule has 1 aromatic carbocycles. The number of hydrogen-bond donors (Lipinski definition) is 2. The molecule has 1 spiro atoms. The number of nitrogens with two attached hydrogens (primary N) is 1. The Labute approximate surface area is 146 Å². The second-order valence-corrected chi connectivity index (χ2v) is 6.98. The second kappa shape index (κ2) is 6.24. The lowest BCUT2D eigenvalue weighted by atomic mass is 9.72. The van der Waals surface area contributed by atoms with Gasteiger partial charge in [0.05, 0.1) is 18.8 Å². The van der Waals surface area contributed by atoms with E-state index in [0.717, 1.165) is 12.8 Å². The molecule has 2 aromatic rings. The van der Waals surface area contributed by atoms with E-state index < -0.39 is 0 Å². The van der Waals surface area contributed by atoms with Crippen LogP contribution in [0.5, 0.6) is 0 Å². The fraction of sp³-hybridized carbons (Fsp3) is 0.500. The number of benzene rings is 1. The van der Waals surface area contributed by atoms with E-state index in [1.54, 1.807) is 10.9 Å².